The summed E-state index contributed by atoms with van der Waals surface area (Å²) in [4.78, 5) is 4.35. The highest BCUT2D eigenvalue weighted by molar-refractivity contribution is 5.40. The van der Waals surface area contributed by atoms with Crippen LogP contribution < -0.4 is 5.73 Å². The number of nitrogens with two attached hydrogens (primary N) is 1. The summed E-state index contributed by atoms with van der Waals surface area (Å²) in [7, 11) is 0. The van der Waals surface area contributed by atoms with Crippen molar-refractivity contribution < 1.29 is 0 Å². The highest BCUT2D eigenvalue weighted by Crippen LogP contribution is 2.15. The third kappa shape index (κ3) is 1.93. The minimum absolute atomic E-state index is 0.456. The fourth-order valence-corrected chi connectivity index (χ4v) is 1.02. The summed E-state index contributed by atoms with van der Waals surface area (Å²) in [5, 5.41) is 0. The minimum atomic E-state index is 0.456. The predicted molar refractivity (Wildman–Crippen MR) is 47.5 cm³/mol. The zero-order chi connectivity index (χ0) is 8.43. The standard InChI is InChI=1S/C9H14N2/c1-6(2)9-5-8(10)4-7(3)11-9/h4-6H,1-3H3,(H2,10,11). The molecule has 0 fully saturated rings. The van der Waals surface area contributed by atoms with Gasteiger partial charge >= 0.3 is 0 Å². The average Bonchev–Trinajstić information content (AvgIpc) is 1.85. The van der Waals surface area contributed by atoms with Gasteiger partial charge in [0.2, 0.25) is 0 Å². The molecule has 0 spiro atoms. The van der Waals surface area contributed by atoms with E-state index in [4.69, 9.17) is 5.73 Å². The number of hydrogen-bond donors (Lipinski definition) is 1. The Bertz CT molecular complexity index is 233. The Morgan fingerprint density at radius 1 is 1.36 bits per heavy atom. The number of aromatic nitrogens is 1. The second kappa shape index (κ2) is 2.91. The van der Waals surface area contributed by atoms with Crippen LogP contribution in [0.2, 0.25) is 0 Å². The maximum atomic E-state index is 5.66. The number of aryl methyl sites for hydroxylation is 1. The van der Waals surface area contributed by atoms with E-state index in [9.17, 15) is 0 Å². The second-order valence-electron chi connectivity index (χ2n) is 3.12. The lowest BCUT2D eigenvalue weighted by atomic mass is 10.1. The summed E-state index contributed by atoms with van der Waals surface area (Å²) in [6, 6.07) is 3.81. The fourth-order valence-electron chi connectivity index (χ4n) is 1.02. The highest BCUT2D eigenvalue weighted by Gasteiger charge is 2.01. The highest BCUT2D eigenvalue weighted by atomic mass is 14.7. The van der Waals surface area contributed by atoms with Crippen molar-refractivity contribution >= 4 is 5.69 Å². The van der Waals surface area contributed by atoms with Crippen molar-refractivity contribution in [2.24, 2.45) is 0 Å². The molecule has 11 heavy (non-hydrogen) atoms. The van der Waals surface area contributed by atoms with Gasteiger partial charge in [0.1, 0.15) is 0 Å². The summed E-state index contributed by atoms with van der Waals surface area (Å²) in [5.74, 6) is 0.456. The third-order valence-electron chi connectivity index (χ3n) is 1.59. The van der Waals surface area contributed by atoms with Gasteiger partial charge in [0.15, 0.2) is 0 Å². The van der Waals surface area contributed by atoms with Crippen LogP contribution in [0.4, 0.5) is 5.69 Å². The molecule has 2 N–H and O–H groups in total. The summed E-state index contributed by atoms with van der Waals surface area (Å²) in [6.07, 6.45) is 0. The fraction of sp³-hybridized carbons (Fsp3) is 0.444. The quantitative estimate of drug-likeness (QED) is 0.665. The Hall–Kier alpha value is -1.05. The normalized spacial score (nSPS) is 10.5. The molecule has 0 saturated heterocycles. The summed E-state index contributed by atoms with van der Waals surface area (Å²) in [5.41, 5.74) is 8.53. The number of hydrogen-bond acceptors (Lipinski definition) is 2. The van der Waals surface area contributed by atoms with Crippen LogP contribution in [0.15, 0.2) is 12.1 Å². The molecule has 0 aliphatic rings. The summed E-state index contributed by atoms with van der Waals surface area (Å²) >= 11 is 0. The molecular weight excluding hydrogens is 136 g/mol. The zero-order valence-electron chi connectivity index (χ0n) is 7.26. The van der Waals surface area contributed by atoms with Gasteiger partial charge in [-0.2, -0.15) is 0 Å². The molecule has 0 saturated carbocycles. The van der Waals surface area contributed by atoms with Crippen LogP contribution in [-0.4, -0.2) is 4.98 Å². The average molecular weight is 150 g/mol. The number of nitrogen functional groups attached to an aromatic ring is 1. The van der Waals surface area contributed by atoms with Crippen molar-refractivity contribution in [3.63, 3.8) is 0 Å². The molecule has 2 nitrogen and oxygen atoms in total. The number of nitrogens with zero attached hydrogens (tertiary/aromatic N) is 1. The SMILES string of the molecule is Cc1cc(N)cc(C(C)C)n1. The first-order valence-corrected chi connectivity index (χ1v) is 3.83. The van der Waals surface area contributed by atoms with Gasteiger partial charge < -0.3 is 5.73 Å². The smallest absolute Gasteiger partial charge is 0.0452 e. The first-order valence-electron chi connectivity index (χ1n) is 3.83. The Balaban J connectivity index is 3.08. The molecule has 1 heterocycles. The molecule has 0 amide bonds. The molecule has 1 aromatic rings. The Kier molecular flexibility index (Phi) is 2.13. The van der Waals surface area contributed by atoms with Crippen LogP contribution in [0, 0.1) is 6.92 Å². The van der Waals surface area contributed by atoms with Crippen LogP contribution in [0.5, 0.6) is 0 Å². The van der Waals surface area contributed by atoms with E-state index in [1.807, 2.05) is 19.1 Å². The summed E-state index contributed by atoms with van der Waals surface area (Å²) < 4.78 is 0. The lowest BCUT2D eigenvalue weighted by Gasteiger charge is -2.05. The van der Waals surface area contributed by atoms with E-state index < -0.39 is 0 Å². The minimum Gasteiger partial charge on any atom is -0.399 e. The molecule has 0 bridgehead atoms. The molecule has 1 rings (SSSR count). The van der Waals surface area contributed by atoms with Crippen LogP contribution in [0.25, 0.3) is 0 Å². The van der Waals surface area contributed by atoms with Gasteiger partial charge in [0, 0.05) is 17.1 Å². The van der Waals surface area contributed by atoms with E-state index in [1.54, 1.807) is 0 Å². The predicted octanol–water partition coefficient (Wildman–Crippen LogP) is 2.10. The van der Waals surface area contributed by atoms with Crippen molar-refractivity contribution in [1.82, 2.24) is 4.98 Å². The molecule has 2 heteroatoms. The second-order valence-corrected chi connectivity index (χ2v) is 3.12. The van der Waals surface area contributed by atoms with Crippen molar-refractivity contribution in [3.05, 3.63) is 23.5 Å². The van der Waals surface area contributed by atoms with Crippen LogP contribution in [0.3, 0.4) is 0 Å². The maximum Gasteiger partial charge on any atom is 0.0452 e. The third-order valence-corrected chi connectivity index (χ3v) is 1.59. The Morgan fingerprint density at radius 2 is 2.00 bits per heavy atom. The molecule has 0 aliphatic heterocycles. The first-order chi connectivity index (χ1) is 5.09. The molecule has 1 aromatic heterocycles. The summed E-state index contributed by atoms with van der Waals surface area (Å²) in [6.45, 7) is 6.19. The molecule has 0 radical (unpaired) electrons. The van der Waals surface area contributed by atoms with Crippen LogP contribution in [-0.2, 0) is 0 Å². The molecule has 0 unspecified atom stereocenters. The largest absolute Gasteiger partial charge is 0.399 e. The molecule has 0 aliphatic carbocycles. The molecular formula is C9H14N2. The number of anilines is 1. The van der Waals surface area contributed by atoms with E-state index in [0.29, 0.717) is 5.92 Å². The van der Waals surface area contributed by atoms with Gasteiger partial charge in [-0.3, -0.25) is 4.98 Å². The van der Waals surface area contributed by atoms with Gasteiger partial charge in [-0.15, -0.1) is 0 Å². The van der Waals surface area contributed by atoms with Crippen molar-refractivity contribution in [2.75, 3.05) is 5.73 Å². The molecule has 60 valence electrons. The van der Waals surface area contributed by atoms with Gasteiger partial charge in [0.05, 0.1) is 0 Å². The van der Waals surface area contributed by atoms with E-state index in [2.05, 4.69) is 18.8 Å². The number of rotatable bonds is 1. The maximum absolute atomic E-state index is 5.66. The van der Waals surface area contributed by atoms with Gasteiger partial charge in [-0.1, -0.05) is 13.8 Å². The monoisotopic (exact) mass is 150 g/mol. The number of pyridine rings is 1. The Morgan fingerprint density at radius 3 is 2.45 bits per heavy atom. The zero-order valence-corrected chi connectivity index (χ0v) is 7.26. The van der Waals surface area contributed by atoms with Crippen molar-refractivity contribution in [3.8, 4) is 0 Å². The van der Waals surface area contributed by atoms with Crippen LogP contribution in [0.1, 0.15) is 31.2 Å². The molecule has 0 aromatic carbocycles. The van der Waals surface area contributed by atoms with Gasteiger partial charge in [-0.25, -0.2) is 0 Å². The molecule has 0 atom stereocenters. The van der Waals surface area contributed by atoms with Crippen molar-refractivity contribution in [2.45, 2.75) is 26.7 Å². The van der Waals surface area contributed by atoms with Crippen molar-refractivity contribution in [1.29, 1.82) is 0 Å². The lowest BCUT2D eigenvalue weighted by molar-refractivity contribution is 0.816. The van der Waals surface area contributed by atoms with E-state index in [0.717, 1.165) is 17.1 Å². The first kappa shape index (κ1) is 8.05. The van der Waals surface area contributed by atoms with Crippen LogP contribution >= 0.6 is 0 Å². The van der Waals surface area contributed by atoms with Gasteiger partial charge in [0.25, 0.3) is 0 Å². The lowest BCUT2D eigenvalue weighted by Crippen LogP contribution is -1.97. The topological polar surface area (TPSA) is 38.9 Å². The van der Waals surface area contributed by atoms with Gasteiger partial charge in [-0.05, 0) is 25.0 Å². The van der Waals surface area contributed by atoms with E-state index in [1.165, 1.54) is 0 Å². The Labute approximate surface area is 67.5 Å². The van der Waals surface area contributed by atoms with E-state index in [-0.39, 0.29) is 0 Å². The van der Waals surface area contributed by atoms with E-state index >= 15 is 0 Å².